The maximum atomic E-state index is 13.0. The van der Waals surface area contributed by atoms with Gasteiger partial charge in [0.25, 0.3) is 0 Å². The molecule has 7 nitrogen and oxygen atoms in total. The van der Waals surface area contributed by atoms with Gasteiger partial charge in [0.15, 0.2) is 0 Å². The van der Waals surface area contributed by atoms with Gasteiger partial charge in [-0.1, -0.05) is 30.3 Å². The number of ether oxygens (including phenoxy) is 1. The number of hydrogen-bond donors (Lipinski definition) is 3. The van der Waals surface area contributed by atoms with Gasteiger partial charge in [0, 0.05) is 31.4 Å². The Morgan fingerprint density at radius 2 is 1.87 bits per heavy atom. The van der Waals surface area contributed by atoms with Gasteiger partial charge in [-0.2, -0.15) is 0 Å². The zero-order valence-electron chi connectivity index (χ0n) is 18.5. The van der Waals surface area contributed by atoms with Crippen LogP contribution in [0.4, 0.5) is 10.5 Å². The maximum Gasteiger partial charge on any atom is 0.315 e. The van der Waals surface area contributed by atoms with Crippen LogP contribution in [0.25, 0.3) is 0 Å². The van der Waals surface area contributed by atoms with E-state index >= 15 is 0 Å². The molecule has 1 saturated heterocycles. The average Bonchev–Trinajstić information content (AvgIpc) is 2.81. The molecule has 166 valence electrons. The summed E-state index contributed by atoms with van der Waals surface area (Å²) < 4.78 is 5.62. The third kappa shape index (κ3) is 5.69. The summed E-state index contributed by atoms with van der Waals surface area (Å²) >= 11 is 0. The molecule has 3 N–H and O–H groups in total. The second-order valence-electron chi connectivity index (χ2n) is 7.78. The summed E-state index contributed by atoms with van der Waals surface area (Å²) in [6.07, 6.45) is 2.91. The Kier molecular flexibility index (Phi) is 7.76. The predicted molar refractivity (Wildman–Crippen MR) is 122 cm³/mol. The van der Waals surface area contributed by atoms with E-state index in [-0.39, 0.29) is 24.5 Å². The number of carbonyl (C=O) groups is 2. The zero-order valence-corrected chi connectivity index (χ0v) is 18.5. The molecular weight excluding hydrogens is 392 g/mol. The number of likely N-dealkylation sites (tertiary alicyclic amines) is 1. The van der Waals surface area contributed by atoms with E-state index in [1.54, 1.807) is 7.11 Å². The van der Waals surface area contributed by atoms with Gasteiger partial charge < -0.3 is 25.6 Å². The van der Waals surface area contributed by atoms with Crippen molar-refractivity contribution in [3.05, 3.63) is 59.2 Å². The third-order valence-electron chi connectivity index (χ3n) is 5.72. The number of nitrogens with one attached hydrogen (secondary N) is 3. The maximum absolute atomic E-state index is 13.0. The molecule has 1 atom stereocenters. The lowest BCUT2D eigenvalue weighted by Gasteiger charge is -2.37. The van der Waals surface area contributed by atoms with Crippen LogP contribution in [0.2, 0.25) is 0 Å². The van der Waals surface area contributed by atoms with Crippen molar-refractivity contribution in [1.82, 2.24) is 15.5 Å². The minimum absolute atomic E-state index is 0.0326. The molecule has 3 rings (SSSR count). The van der Waals surface area contributed by atoms with Gasteiger partial charge in [0.05, 0.1) is 19.7 Å². The molecule has 2 aromatic carbocycles. The fraction of sp³-hybridized carbons (Fsp3) is 0.417. The molecule has 1 aliphatic rings. The van der Waals surface area contributed by atoms with Gasteiger partial charge in [0.1, 0.15) is 5.75 Å². The van der Waals surface area contributed by atoms with Crippen LogP contribution in [0.15, 0.2) is 42.5 Å². The molecule has 0 aromatic heterocycles. The van der Waals surface area contributed by atoms with Crippen LogP contribution in [-0.4, -0.2) is 44.1 Å². The van der Waals surface area contributed by atoms with Crippen LogP contribution < -0.4 is 20.7 Å². The number of anilines is 1. The Balaban J connectivity index is 1.56. The van der Waals surface area contributed by atoms with E-state index in [2.05, 4.69) is 16.0 Å². The van der Waals surface area contributed by atoms with Gasteiger partial charge in [0.2, 0.25) is 5.91 Å². The first-order chi connectivity index (χ1) is 15.0. The Labute approximate surface area is 184 Å². The van der Waals surface area contributed by atoms with Crippen molar-refractivity contribution in [3.63, 3.8) is 0 Å². The van der Waals surface area contributed by atoms with Crippen molar-refractivity contribution in [1.29, 1.82) is 0 Å². The smallest absolute Gasteiger partial charge is 0.315 e. The summed E-state index contributed by atoms with van der Waals surface area (Å²) in [5, 5.41) is 8.56. The van der Waals surface area contributed by atoms with E-state index in [4.69, 9.17) is 4.74 Å². The summed E-state index contributed by atoms with van der Waals surface area (Å²) in [6, 6.07) is 13.5. The summed E-state index contributed by atoms with van der Waals surface area (Å²) in [4.78, 5) is 27.0. The topological polar surface area (TPSA) is 82.7 Å². The quantitative estimate of drug-likeness (QED) is 0.634. The van der Waals surface area contributed by atoms with Crippen molar-refractivity contribution in [2.24, 2.45) is 0 Å². The van der Waals surface area contributed by atoms with Crippen LogP contribution in [0.1, 0.15) is 42.0 Å². The molecule has 7 heteroatoms. The van der Waals surface area contributed by atoms with E-state index in [1.165, 1.54) is 0 Å². The normalized spacial score (nSPS) is 15.8. The van der Waals surface area contributed by atoms with E-state index in [0.717, 1.165) is 47.4 Å². The Bertz CT molecular complexity index is 898. The van der Waals surface area contributed by atoms with E-state index in [1.807, 2.05) is 61.3 Å². The van der Waals surface area contributed by atoms with Crippen molar-refractivity contribution >= 4 is 17.6 Å². The number of benzene rings is 2. The number of amides is 3. The number of hydrogen-bond acceptors (Lipinski definition) is 4. The van der Waals surface area contributed by atoms with Crippen LogP contribution in [-0.2, 0) is 11.3 Å². The predicted octanol–water partition coefficient (Wildman–Crippen LogP) is 3.60. The Hall–Kier alpha value is -3.22. The Morgan fingerprint density at radius 3 is 2.58 bits per heavy atom. The van der Waals surface area contributed by atoms with Crippen LogP contribution in [0.5, 0.6) is 5.75 Å². The molecular formula is C24H32N4O3. The molecule has 0 bridgehead atoms. The molecule has 1 aliphatic heterocycles. The molecule has 2 aromatic rings. The third-order valence-corrected chi connectivity index (χ3v) is 5.72. The SMILES string of the molecule is CNc1ccc(CNC(=O)NCC(=O)N2CCCCC2c2cccc(C)c2OC)cc1. The van der Waals surface area contributed by atoms with Crippen LogP contribution >= 0.6 is 0 Å². The number of para-hydroxylation sites is 1. The number of urea groups is 1. The van der Waals surface area contributed by atoms with E-state index in [0.29, 0.717) is 13.1 Å². The van der Waals surface area contributed by atoms with Crippen molar-refractivity contribution < 1.29 is 14.3 Å². The van der Waals surface area contributed by atoms with Gasteiger partial charge in [-0.15, -0.1) is 0 Å². The van der Waals surface area contributed by atoms with Gasteiger partial charge in [-0.05, 0) is 49.4 Å². The lowest BCUT2D eigenvalue weighted by Crippen LogP contribution is -2.46. The number of aryl methyl sites for hydroxylation is 1. The van der Waals surface area contributed by atoms with Crippen molar-refractivity contribution in [2.45, 2.75) is 38.8 Å². The number of carbonyl (C=O) groups excluding carboxylic acids is 2. The lowest BCUT2D eigenvalue weighted by atomic mass is 9.93. The standard InChI is InChI=1S/C24H32N4O3/c1-17-7-6-8-20(23(17)31-3)21-9-4-5-14-28(21)22(29)16-27-24(30)26-15-18-10-12-19(25-2)13-11-18/h6-8,10-13,21,25H,4-5,9,14-16H2,1-3H3,(H2,26,27,30). The highest BCUT2D eigenvalue weighted by atomic mass is 16.5. The highest BCUT2D eigenvalue weighted by molar-refractivity contribution is 5.84. The molecule has 1 unspecified atom stereocenters. The van der Waals surface area contributed by atoms with Crippen molar-refractivity contribution in [2.75, 3.05) is 32.6 Å². The highest BCUT2D eigenvalue weighted by Gasteiger charge is 2.30. The monoisotopic (exact) mass is 424 g/mol. The summed E-state index contributed by atoms with van der Waals surface area (Å²) in [5.41, 5.74) is 4.09. The second kappa shape index (κ2) is 10.7. The highest BCUT2D eigenvalue weighted by Crippen LogP contribution is 2.37. The molecule has 1 heterocycles. The number of rotatable bonds is 7. The van der Waals surface area contributed by atoms with Gasteiger partial charge in [-0.3, -0.25) is 4.79 Å². The van der Waals surface area contributed by atoms with Gasteiger partial charge in [-0.25, -0.2) is 4.79 Å². The lowest BCUT2D eigenvalue weighted by molar-refractivity contribution is -0.133. The molecule has 31 heavy (non-hydrogen) atoms. The van der Waals surface area contributed by atoms with E-state index < -0.39 is 0 Å². The molecule has 0 radical (unpaired) electrons. The molecule has 3 amide bonds. The number of piperidine rings is 1. The zero-order chi connectivity index (χ0) is 22.2. The average molecular weight is 425 g/mol. The molecule has 0 spiro atoms. The van der Waals surface area contributed by atoms with Crippen molar-refractivity contribution in [3.8, 4) is 5.75 Å². The minimum Gasteiger partial charge on any atom is -0.496 e. The summed E-state index contributed by atoms with van der Waals surface area (Å²) in [5.74, 6) is 0.754. The largest absolute Gasteiger partial charge is 0.496 e. The fourth-order valence-electron chi connectivity index (χ4n) is 4.06. The van der Waals surface area contributed by atoms with Gasteiger partial charge >= 0.3 is 6.03 Å². The molecule has 0 aliphatic carbocycles. The first kappa shape index (κ1) is 22.5. The molecule has 0 saturated carbocycles. The number of methoxy groups -OCH3 is 1. The van der Waals surface area contributed by atoms with Crippen LogP contribution in [0.3, 0.4) is 0 Å². The Morgan fingerprint density at radius 1 is 1.10 bits per heavy atom. The summed E-state index contributed by atoms with van der Waals surface area (Å²) in [6.45, 7) is 3.06. The summed E-state index contributed by atoms with van der Waals surface area (Å²) in [7, 11) is 3.53. The van der Waals surface area contributed by atoms with Crippen LogP contribution in [0, 0.1) is 6.92 Å². The second-order valence-corrected chi connectivity index (χ2v) is 7.78. The first-order valence-electron chi connectivity index (χ1n) is 10.7. The van der Waals surface area contributed by atoms with E-state index in [9.17, 15) is 9.59 Å². The number of nitrogens with zero attached hydrogens (tertiary/aromatic N) is 1. The fourth-order valence-corrected chi connectivity index (χ4v) is 4.06. The minimum atomic E-state index is -0.354. The first-order valence-corrected chi connectivity index (χ1v) is 10.7. The molecule has 1 fully saturated rings.